The predicted molar refractivity (Wildman–Crippen MR) is 134 cm³/mol. The summed E-state index contributed by atoms with van der Waals surface area (Å²) in [5.74, 6) is 0.341. The molecular formula is C26H25N3O3S. The highest BCUT2D eigenvalue weighted by Gasteiger charge is 2.18. The highest BCUT2D eigenvalue weighted by Crippen LogP contribution is 2.29. The molecule has 168 valence electrons. The van der Waals surface area contributed by atoms with E-state index >= 15 is 0 Å². The Hall–Kier alpha value is -3.71. The van der Waals surface area contributed by atoms with Crippen molar-refractivity contribution in [1.82, 2.24) is 4.98 Å². The van der Waals surface area contributed by atoms with E-state index in [1.165, 1.54) is 11.8 Å². The number of anilines is 2. The molecule has 0 bridgehead atoms. The van der Waals surface area contributed by atoms with Crippen molar-refractivity contribution in [2.45, 2.75) is 23.5 Å². The number of nitrogens with one attached hydrogen (secondary N) is 3. The average Bonchev–Trinajstić information content (AvgIpc) is 3.30. The van der Waals surface area contributed by atoms with Gasteiger partial charge in [-0.3, -0.25) is 9.59 Å². The van der Waals surface area contributed by atoms with Gasteiger partial charge < -0.3 is 20.4 Å². The molecule has 1 unspecified atom stereocenters. The molecule has 3 aromatic carbocycles. The fourth-order valence-electron chi connectivity index (χ4n) is 3.34. The van der Waals surface area contributed by atoms with Gasteiger partial charge in [0.2, 0.25) is 5.91 Å². The van der Waals surface area contributed by atoms with E-state index in [9.17, 15) is 9.59 Å². The molecule has 4 aromatic rings. The van der Waals surface area contributed by atoms with Gasteiger partial charge in [0.25, 0.3) is 5.91 Å². The minimum Gasteiger partial charge on any atom is -0.484 e. The Kier molecular flexibility index (Phi) is 7.32. The smallest absolute Gasteiger partial charge is 0.262 e. The molecule has 6 nitrogen and oxygen atoms in total. The van der Waals surface area contributed by atoms with Gasteiger partial charge in [0.1, 0.15) is 5.75 Å². The number of amides is 2. The lowest BCUT2D eigenvalue weighted by atomic mass is 10.2. The molecule has 0 aliphatic carbocycles. The summed E-state index contributed by atoms with van der Waals surface area (Å²) in [4.78, 5) is 29.2. The number of fused-ring (bicyclic) bond motifs is 1. The Balaban J connectivity index is 1.34. The van der Waals surface area contributed by atoms with Gasteiger partial charge in [0, 0.05) is 28.0 Å². The van der Waals surface area contributed by atoms with Crippen molar-refractivity contribution in [2.75, 3.05) is 17.2 Å². The molecular weight excluding hydrogens is 434 g/mol. The van der Waals surface area contributed by atoms with Crippen LogP contribution in [0.15, 0.2) is 90.0 Å². The molecule has 1 atom stereocenters. The number of benzene rings is 3. The summed E-state index contributed by atoms with van der Waals surface area (Å²) < 4.78 is 5.49. The summed E-state index contributed by atoms with van der Waals surface area (Å²) >= 11 is 1.47. The molecule has 33 heavy (non-hydrogen) atoms. The lowest BCUT2D eigenvalue weighted by molar-refractivity contribution is -0.118. The van der Waals surface area contributed by atoms with Crippen LogP contribution in [-0.2, 0) is 9.59 Å². The summed E-state index contributed by atoms with van der Waals surface area (Å²) in [7, 11) is 0. The van der Waals surface area contributed by atoms with E-state index in [-0.39, 0.29) is 23.7 Å². The third kappa shape index (κ3) is 6.17. The van der Waals surface area contributed by atoms with Crippen LogP contribution in [0.5, 0.6) is 5.75 Å². The van der Waals surface area contributed by atoms with Crippen molar-refractivity contribution in [1.29, 1.82) is 0 Å². The molecule has 0 spiro atoms. The van der Waals surface area contributed by atoms with Crippen LogP contribution in [0.1, 0.15) is 13.3 Å². The number of aromatic amines is 1. The third-order valence-electron chi connectivity index (χ3n) is 5.00. The third-order valence-corrected chi connectivity index (χ3v) is 6.35. The summed E-state index contributed by atoms with van der Waals surface area (Å²) in [6, 6.07) is 24.5. The van der Waals surface area contributed by atoms with Gasteiger partial charge in [0.05, 0.1) is 5.25 Å². The number of thioether (sulfide) groups is 1. The van der Waals surface area contributed by atoms with E-state index < -0.39 is 0 Å². The number of carbonyl (C=O) groups is 2. The fourth-order valence-corrected chi connectivity index (χ4v) is 4.36. The van der Waals surface area contributed by atoms with Crippen LogP contribution in [0.3, 0.4) is 0 Å². The number of para-hydroxylation sites is 1. The number of ether oxygens (including phenoxy) is 1. The number of rotatable bonds is 9. The van der Waals surface area contributed by atoms with Crippen molar-refractivity contribution in [3.05, 3.63) is 85.1 Å². The molecule has 0 saturated heterocycles. The van der Waals surface area contributed by atoms with E-state index in [0.29, 0.717) is 17.9 Å². The number of H-pyrrole nitrogens is 1. The summed E-state index contributed by atoms with van der Waals surface area (Å²) in [6.45, 7) is 1.91. The van der Waals surface area contributed by atoms with E-state index in [0.717, 1.165) is 21.5 Å². The summed E-state index contributed by atoms with van der Waals surface area (Å²) in [5.41, 5.74) is 2.40. The standard InChI is InChI=1S/C26H25N3O3S/c1-2-24(26(31)29-20-12-11-18-13-14-27-23(18)16-20)33-22-10-6-7-19(15-22)28-25(30)17-32-21-8-4-3-5-9-21/h3-16,24,27H,2,17H2,1H3,(H,28,30)(H,29,31). The van der Waals surface area contributed by atoms with Gasteiger partial charge in [-0.05, 0) is 60.3 Å². The van der Waals surface area contributed by atoms with Crippen molar-refractivity contribution in [3.63, 3.8) is 0 Å². The molecule has 7 heteroatoms. The van der Waals surface area contributed by atoms with Crippen molar-refractivity contribution in [2.24, 2.45) is 0 Å². The highest BCUT2D eigenvalue weighted by molar-refractivity contribution is 8.00. The Morgan fingerprint density at radius 3 is 2.58 bits per heavy atom. The molecule has 2 amide bonds. The van der Waals surface area contributed by atoms with Crippen LogP contribution in [0, 0.1) is 0 Å². The molecule has 1 aromatic heterocycles. The number of hydrogen-bond donors (Lipinski definition) is 3. The van der Waals surface area contributed by atoms with E-state index in [1.54, 1.807) is 12.1 Å². The summed E-state index contributed by atoms with van der Waals surface area (Å²) in [5, 5.41) is 6.69. The normalized spacial score (nSPS) is 11.7. The maximum Gasteiger partial charge on any atom is 0.262 e. The Bertz CT molecular complexity index is 1240. The van der Waals surface area contributed by atoms with Crippen molar-refractivity contribution in [3.8, 4) is 5.75 Å². The molecule has 0 fully saturated rings. The number of aromatic nitrogens is 1. The lowest BCUT2D eigenvalue weighted by Crippen LogP contribution is -2.24. The summed E-state index contributed by atoms with van der Waals surface area (Å²) in [6.07, 6.45) is 2.54. The minimum absolute atomic E-state index is 0.0564. The quantitative estimate of drug-likeness (QED) is 0.281. The second-order valence-corrected chi connectivity index (χ2v) is 8.74. The van der Waals surface area contributed by atoms with Crippen LogP contribution >= 0.6 is 11.8 Å². The van der Waals surface area contributed by atoms with E-state index in [2.05, 4.69) is 15.6 Å². The van der Waals surface area contributed by atoms with Crippen molar-refractivity contribution >= 4 is 45.9 Å². The first kappa shape index (κ1) is 22.5. The highest BCUT2D eigenvalue weighted by atomic mass is 32.2. The monoisotopic (exact) mass is 459 g/mol. The van der Waals surface area contributed by atoms with Crippen LogP contribution in [0.25, 0.3) is 10.9 Å². The van der Waals surface area contributed by atoms with E-state index in [1.807, 2.05) is 79.9 Å². The van der Waals surface area contributed by atoms with Gasteiger partial charge in [-0.1, -0.05) is 37.3 Å². The molecule has 0 radical (unpaired) electrons. The van der Waals surface area contributed by atoms with Gasteiger partial charge in [-0.15, -0.1) is 11.8 Å². The molecule has 4 rings (SSSR count). The molecule has 0 aliphatic rings. The Morgan fingerprint density at radius 1 is 0.939 bits per heavy atom. The maximum atomic E-state index is 12.9. The molecule has 3 N–H and O–H groups in total. The molecule has 1 heterocycles. The van der Waals surface area contributed by atoms with Crippen LogP contribution in [-0.4, -0.2) is 28.7 Å². The largest absolute Gasteiger partial charge is 0.484 e. The van der Waals surface area contributed by atoms with Gasteiger partial charge in [0.15, 0.2) is 6.61 Å². The average molecular weight is 460 g/mol. The van der Waals surface area contributed by atoms with E-state index in [4.69, 9.17) is 4.74 Å². The SMILES string of the molecule is CCC(Sc1cccc(NC(=O)COc2ccccc2)c1)C(=O)Nc1ccc2cc[nH]c2c1. The van der Waals surface area contributed by atoms with Gasteiger partial charge in [-0.25, -0.2) is 0 Å². The van der Waals surface area contributed by atoms with Crippen LogP contribution in [0.2, 0.25) is 0 Å². The van der Waals surface area contributed by atoms with Crippen LogP contribution < -0.4 is 15.4 Å². The van der Waals surface area contributed by atoms with Gasteiger partial charge in [-0.2, -0.15) is 0 Å². The van der Waals surface area contributed by atoms with Crippen LogP contribution in [0.4, 0.5) is 11.4 Å². The van der Waals surface area contributed by atoms with Crippen molar-refractivity contribution < 1.29 is 14.3 Å². The molecule has 0 saturated carbocycles. The zero-order chi connectivity index (χ0) is 23.0. The Labute approximate surface area is 196 Å². The fraction of sp³-hybridized carbons (Fsp3) is 0.154. The second kappa shape index (κ2) is 10.7. The number of carbonyl (C=O) groups excluding carboxylic acids is 2. The zero-order valence-corrected chi connectivity index (χ0v) is 19.0. The Morgan fingerprint density at radius 2 is 1.76 bits per heavy atom. The second-order valence-electron chi connectivity index (χ2n) is 7.46. The van der Waals surface area contributed by atoms with Gasteiger partial charge >= 0.3 is 0 Å². The predicted octanol–water partition coefficient (Wildman–Crippen LogP) is 5.69. The zero-order valence-electron chi connectivity index (χ0n) is 18.2. The molecule has 0 aliphatic heterocycles. The maximum absolute atomic E-state index is 12.9. The number of hydrogen-bond acceptors (Lipinski definition) is 4. The topological polar surface area (TPSA) is 83.2 Å². The first-order chi connectivity index (χ1) is 16.1. The lowest BCUT2D eigenvalue weighted by Gasteiger charge is -2.15. The first-order valence-corrected chi connectivity index (χ1v) is 11.6. The minimum atomic E-state index is -0.267. The first-order valence-electron chi connectivity index (χ1n) is 10.7.